The molecule has 1 aromatic carbocycles. The molecule has 1 aromatic heterocycles. The summed E-state index contributed by atoms with van der Waals surface area (Å²) >= 11 is 5.53. The molecule has 0 atom stereocenters. The first-order valence-corrected chi connectivity index (χ1v) is 7.19. The summed E-state index contributed by atoms with van der Waals surface area (Å²) in [7, 11) is 1.50. The third-order valence-corrected chi connectivity index (χ3v) is 3.43. The molecule has 0 aliphatic heterocycles. The lowest BCUT2D eigenvalue weighted by Gasteiger charge is -2.06. The lowest BCUT2D eigenvalue weighted by atomic mass is 10.2. The van der Waals surface area contributed by atoms with Gasteiger partial charge in [0.15, 0.2) is 17.3 Å². The van der Waals surface area contributed by atoms with E-state index in [9.17, 15) is 5.11 Å². The second-order valence-corrected chi connectivity index (χ2v) is 5.80. The van der Waals surface area contributed by atoms with E-state index in [1.54, 1.807) is 24.5 Å². The lowest BCUT2D eigenvalue weighted by molar-refractivity contribution is 0.373. The number of hydrogen-bond acceptors (Lipinski definition) is 4. The fourth-order valence-electron chi connectivity index (χ4n) is 1.43. The molecule has 0 amide bonds. The quantitative estimate of drug-likeness (QED) is 0.590. The lowest BCUT2D eigenvalue weighted by Crippen LogP contribution is -1.89. The van der Waals surface area contributed by atoms with Gasteiger partial charge in [-0.3, -0.25) is 0 Å². The Morgan fingerprint density at radius 3 is 2.84 bits per heavy atom. The minimum Gasteiger partial charge on any atom is -0.504 e. The van der Waals surface area contributed by atoms with E-state index >= 15 is 0 Å². The highest BCUT2D eigenvalue weighted by Crippen LogP contribution is 2.32. The van der Waals surface area contributed by atoms with Crippen molar-refractivity contribution in [2.75, 3.05) is 7.11 Å². The van der Waals surface area contributed by atoms with Crippen LogP contribution in [-0.4, -0.2) is 23.4 Å². The van der Waals surface area contributed by atoms with Crippen molar-refractivity contribution < 1.29 is 9.84 Å². The van der Waals surface area contributed by atoms with Crippen LogP contribution in [0.1, 0.15) is 5.56 Å². The third-order valence-electron chi connectivity index (χ3n) is 2.34. The van der Waals surface area contributed by atoms with Crippen molar-refractivity contribution in [3.63, 3.8) is 0 Å². The standard InChI is InChI=1S/C13H10BrIN2O2/c1-19-11-5-9(14)4-8(13(11)18)6-16-12-3-2-10(15)7-17-12/h2-7,18H,1H3. The van der Waals surface area contributed by atoms with Gasteiger partial charge in [-0.15, -0.1) is 0 Å². The molecule has 0 unspecified atom stereocenters. The van der Waals surface area contributed by atoms with E-state index < -0.39 is 0 Å². The zero-order valence-electron chi connectivity index (χ0n) is 9.97. The number of halogens is 2. The first-order chi connectivity index (χ1) is 9.10. The van der Waals surface area contributed by atoms with Crippen molar-refractivity contribution in [1.82, 2.24) is 4.98 Å². The van der Waals surface area contributed by atoms with Crippen LogP contribution in [0.2, 0.25) is 0 Å². The van der Waals surface area contributed by atoms with Gasteiger partial charge in [0.1, 0.15) is 0 Å². The molecule has 2 aromatic rings. The molecule has 0 saturated heterocycles. The van der Waals surface area contributed by atoms with Gasteiger partial charge < -0.3 is 9.84 Å². The van der Waals surface area contributed by atoms with Crippen LogP contribution in [0.4, 0.5) is 5.82 Å². The number of phenols is 1. The van der Waals surface area contributed by atoms with Crippen LogP contribution in [0.25, 0.3) is 0 Å². The Bertz CT molecular complexity index is 615. The molecule has 98 valence electrons. The Morgan fingerprint density at radius 2 is 2.21 bits per heavy atom. The van der Waals surface area contributed by atoms with E-state index in [-0.39, 0.29) is 5.75 Å². The normalized spacial score (nSPS) is 10.9. The second-order valence-electron chi connectivity index (χ2n) is 3.64. The fraction of sp³-hybridized carbons (Fsp3) is 0.0769. The predicted molar refractivity (Wildman–Crippen MR) is 86.6 cm³/mol. The largest absolute Gasteiger partial charge is 0.504 e. The number of rotatable bonds is 3. The molecule has 0 radical (unpaired) electrons. The molecule has 0 aliphatic carbocycles. The molecule has 0 saturated carbocycles. The average Bonchev–Trinajstić information content (AvgIpc) is 2.41. The summed E-state index contributed by atoms with van der Waals surface area (Å²) in [6.45, 7) is 0. The van der Waals surface area contributed by atoms with Crippen LogP contribution in [0.15, 0.2) is 39.9 Å². The summed E-state index contributed by atoms with van der Waals surface area (Å²) in [6.07, 6.45) is 3.28. The van der Waals surface area contributed by atoms with Crippen molar-refractivity contribution in [2.45, 2.75) is 0 Å². The summed E-state index contributed by atoms with van der Waals surface area (Å²) in [4.78, 5) is 8.38. The predicted octanol–water partition coefficient (Wildman–Crippen LogP) is 3.91. The van der Waals surface area contributed by atoms with E-state index in [0.717, 1.165) is 8.04 Å². The molecule has 4 nitrogen and oxygen atoms in total. The SMILES string of the molecule is COc1cc(Br)cc(C=Nc2ccc(I)cn2)c1O. The highest BCUT2D eigenvalue weighted by molar-refractivity contribution is 14.1. The molecule has 0 fully saturated rings. The topological polar surface area (TPSA) is 54.7 Å². The Kier molecular flexibility index (Phi) is 4.76. The summed E-state index contributed by atoms with van der Waals surface area (Å²) in [5, 5.41) is 9.98. The molecule has 0 spiro atoms. The van der Waals surface area contributed by atoms with E-state index in [1.807, 2.05) is 12.1 Å². The maximum Gasteiger partial charge on any atom is 0.166 e. The molecule has 6 heteroatoms. The first kappa shape index (κ1) is 14.3. The summed E-state index contributed by atoms with van der Waals surface area (Å²) < 4.78 is 6.93. The second kappa shape index (κ2) is 6.33. The number of aromatic nitrogens is 1. The van der Waals surface area contributed by atoms with Gasteiger partial charge in [-0.2, -0.15) is 0 Å². The highest BCUT2D eigenvalue weighted by atomic mass is 127. The molecular formula is C13H10BrIN2O2. The van der Waals surface area contributed by atoms with Crippen LogP contribution in [-0.2, 0) is 0 Å². The van der Waals surface area contributed by atoms with Crippen LogP contribution in [0.5, 0.6) is 11.5 Å². The number of aromatic hydroxyl groups is 1. The van der Waals surface area contributed by atoms with Gasteiger partial charge >= 0.3 is 0 Å². The van der Waals surface area contributed by atoms with Crippen LogP contribution in [0, 0.1) is 3.57 Å². The highest BCUT2D eigenvalue weighted by Gasteiger charge is 2.08. The Morgan fingerprint density at radius 1 is 1.42 bits per heavy atom. The number of methoxy groups -OCH3 is 1. The number of ether oxygens (including phenoxy) is 1. The molecule has 1 N–H and O–H groups in total. The van der Waals surface area contributed by atoms with Gasteiger partial charge in [0, 0.05) is 26.0 Å². The summed E-state index contributed by atoms with van der Waals surface area (Å²) in [6, 6.07) is 7.18. The first-order valence-electron chi connectivity index (χ1n) is 5.32. The van der Waals surface area contributed by atoms with Gasteiger partial charge in [-0.05, 0) is 46.9 Å². The van der Waals surface area contributed by atoms with E-state index in [4.69, 9.17) is 4.74 Å². The minimum absolute atomic E-state index is 0.0555. The monoisotopic (exact) mass is 432 g/mol. The number of pyridine rings is 1. The molecule has 0 bridgehead atoms. The van der Waals surface area contributed by atoms with Gasteiger partial charge in [0.2, 0.25) is 0 Å². The molecule has 1 heterocycles. The Balaban J connectivity index is 2.32. The van der Waals surface area contributed by atoms with Crippen LogP contribution in [0.3, 0.4) is 0 Å². The van der Waals surface area contributed by atoms with E-state index in [2.05, 4.69) is 48.5 Å². The van der Waals surface area contributed by atoms with Gasteiger partial charge in [0.05, 0.1) is 7.11 Å². The maximum absolute atomic E-state index is 9.98. The molecule has 19 heavy (non-hydrogen) atoms. The zero-order chi connectivity index (χ0) is 13.8. The minimum atomic E-state index is 0.0555. The Hall–Kier alpha value is -1.15. The molecular weight excluding hydrogens is 423 g/mol. The zero-order valence-corrected chi connectivity index (χ0v) is 13.7. The van der Waals surface area contributed by atoms with Crippen molar-refractivity contribution >= 4 is 50.6 Å². The number of nitrogens with zero attached hydrogens (tertiary/aromatic N) is 2. The summed E-state index contributed by atoms with van der Waals surface area (Å²) in [5.74, 6) is 1.03. The molecule has 2 rings (SSSR count). The number of hydrogen-bond donors (Lipinski definition) is 1. The summed E-state index contributed by atoms with van der Waals surface area (Å²) in [5.41, 5.74) is 0.562. The molecule has 0 aliphatic rings. The number of benzene rings is 1. The van der Waals surface area contributed by atoms with Gasteiger partial charge in [-0.1, -0.05) is 15.9 Å². The van der Waals surface area contributed by atoms with Crippen LogP contribution >= 0.6 is 38.5 Å². The third kappa shape index (κ3) is 3.66. The maximum atomic E-state index is 9.98. The van der Waals surface area contributed by atoms with Crippen molar-refractivity contribution in [1.29, 1.82) is 0 Å². The smallest absolute Gasteiger partial charge is 0.166 e. The number of aliphatic imine (C=N–C) groups is 1. The van der Waals surface area contributed by atoms with Crippen LogP contribution < -0.4 is 4.74 Å². The Labute approximate surface area is 132 Å². The fourth-order valence-corrected chi connectivity index (χ4v) is 2.20. The van der Waals surface area contributed by atoms with Crippen molar-refractivity contribution in [2.24, 2.45) is 4.99 Å². The van der Waals surface area contributed by atoms with Gasteiger partial charge in [0.25, 0.3) is 0 Å². The number of phenolic OH excluding ortho intramolecular Hbond substituents is 1. The van der Waals surface area contributed by atoms with Crippen molar-refractivity contribution in [3.8, 4) is 11.5 Å². The van der Waals surface area contributed by atoms with E-state index in [1.165, 1.54) is 7.11 Å². The van der Waals surface area contributed by atoms with E-state index in [0.29, 0.717) is 17.1 Å². The van der Waals surface area contributed by atoms with Gasteiger partial charge in [-0.25, -0.2) is 9.98 Å². The average molecular weight is 433 g/mol. The van der Waals surface area contributed by atoms with Crippen molar-refractivity contribution in [3.05, 3.63) is 44.1 Å².